The molecule has 24 heavy (non-hydrogen) atoms. The molecule has 2 aromatic rings. The molecule has 0 aromatic carbocycles. The summed E-state index contributed by atoms with van der Waals surface area (Å²) in [5.74, 6) is 0.654. The number of hydrogen-bond donors (Lipinski definition) is 0. The van der Waals surface area contributed by atoms with Crippen molar-refractivity contribution in [1.29, 1.82) is 0 Å². The van der Waals surface area contributed by atoms with Crippen LogP contribution in [0.25, 0.3) is 0 Å². The van der Waals surface area contributed by atoms with Gasteiger partial charge in [0.15, 0.2) is 0 Å². The van der Waals surface area contributed by atoms with Crippen molar-refractivity contribution >= 4 is 5.91 Å². The zero-order valence-electron chi connectivity index (χ0n) is 13.8. The molecule has 2 saturated heterocycles. The molecule has 2 aliphatic rings. The van der Waals surface area contributed by atoms with Gasteiger partial charge in [0.05, 0.1) is 6.54 Å². The molecule has 4 heterocycles. The smallest absolute Gasteiger partial charge is 0.253 e. The predicted octanol–water partition coefficient (Wildman–Crippen LogP) is 0.908. The summed E-state index contributed by atoms with van der Waals surface area (Å²) in [5.41, 5.74) is 0.731. The van der Waals surface area contributed by atoms with Crippen LogP contribution < -0.4 is 0 Å². The highest BCUT2D eigenvalue weighted by atomic mass is 16.2. The second-order valence-corrected chi connectivity index (χ2v) is 6.78. The summed E-state index contributed by atoms with van der Waals surface area (Å²) in [6.07, 6.45) is 8.84. The minimum atomic E-state index is 0.123. The average Bonchev–Trinajstić information content (AvgIpc) is 3.24. The van der Waals surface area contributed by atoms with E-state index in [1.165, 1.54) is 0 Å². The Bertz CT molecular complexity index is 688. The third-order valence-corrected chi connectivity index (χ3v) is 5.45. The van der Waals surface area contributed by atoms with Gasteiger partial charge in [-0.2, -0.15) is 5.10 Å². The number of rotatable bonds is 3. The van der Waals surface area contributed by atoms with Gasteiger partial charge in [0.2, 0.25) is 0 Å². The van der Waals surface area contributed by atoms with E-state index >= 15 is 0 Å². The highest BCUT2D eigenvalue weighted by Gasteiger charge is 2.43. The molecule has 2 fully saturated rings. The Morgan fingerprint density at radius 3 is 2.88 bits per heavy atom. The average molecular weight is 326 g/mol. The molecule has 1 amide bonds. The molecular weight excluding hydrogens is 304 g/mol. The van der Waals surface area contributed by atoms with Crippen LogP contribution >= 0.6 is 0 Å². The zero-order valence-corrected chi connectivity index (χ0v) is 13.8. The lowest BCUT2D eigenvalue weighted by Gasteiger charge is -2.37. The maximum Gasteiger partial charge on any atom is 0.253 e. The Labute approximate surface area is 141 Å². The molecule has 0 aliphatic carbocycles. The Hall–Kier alpha value is -2.28. The first kappa shape index (κ1) is 15.3. The number of likely N-dealkylation sites (tertiary alicyclic amines) is 2. The molecular formula is C17H22N6O. The van der Waals surface area contributed by atoms with Crippen molar-refractivity contribution in [3.63, 3.8) is 0 Å². The van der Waals surface area contributed by atoms with Crippen LogP contribution in [0.2, 0.25) is 0 Å². The van der Waals surface area contributed by atoms with E-state index in [0.29, 0.717) is 18.0 Å². The minimum Gasteiger partial charge on any atom is -0.338 e. The van der Waals surface area contributed by atoms with Crippen molar-refractivity contribution in [2.24, 2.45) is 5.92 Å². The summed E-state index contributed by atoms with van der Waals surface area (Å²) in [6.45, 7) is 2.52. The third-order valence-electron chi connectivity index (χ3n) is 5.45. The number of fused-ring (bicyclic) bond motifs is 1. The number of hydrogen-bond acceptors (Lipinski definition) is 5. The van der Waals surface area contributed by atoms with E-state index < -0.39 is 0 Å². The van der Waals surface area contributed by atoms with E-state index in [0.717, 1.165) is 38.0 Å². The minimum absolute atomic E-state index is 0.123. The van der Waals surface area contributed by atoms with Crippen molar-refractivity contribution in [3.8, 4) is 0 Å². The number of amides is 1. The monoisotopic (exact) mass is 326 g/mol. The molecule has 0 radical (unpaired) electrons. The first-order chi connectivity index (χ1) is 11.7. The molecule has 0 unspecified atom stereocenters. The molecule has 2 aliphatic heterocycles. The summed E-state index contributed by atoms with van der Waals surface area (Å²) < 4.78 is 1.90. The third kappa shape index (κ3) is 2.80. The lowest BCUT2D eigenvalue weighted by molar-refractivity contribution is 0.0607. The van der Waals surface area contributed by atoms with Crippen molar-refractivity contribution in [1.82, 2.24) is 29.5 Å². The van der Waals surface area contributed by atoms with Gasteiger partial charge in [0.1, 0.15) is 12.7 Å². The molecule has 7 nitrogen and oxygen atoms in total. The summed E-state index contributed by atoms with van der Waals surface area (Å²) in [6, 6.07) is 4.60. The summed E-state index contributed by atoms with van der Waals surface area (Å²) in [5, 5.41) is 4.22. The maximum absolute atomic E-state index is 12.7. The molecule has 0 N–H and O–H groups in total. The normalized spacial score (nSPS) is 27.2. The van der Waals surface area contributed by atoms with Gasteiger partial charge >= 0.3 is 0 Å². The van der Waals surface area contributed by atoms with Gasteiger partial charge in [-0.25, -0.2) is 4.98 Å². The SMILES string of the molecule is CN1[C@H](Cn2cncn2)C[C@@H]2CN(C(=O)c3ccncc3)CC[C@@H]21. The lowest BCUT2D eigenvalue weighted by atomic mass is 9.91. The van der Waals surface area contributed by atoms with Crippen LogP contribution in [0.5, 0.6) is 0 Å². The van der Waals surface area contributed by atoms with Crippen molar-refractivity contribution in [2.75, 3.05) is 20.1 Å². The second-order valence-electron chi connectivity index (χ2n) is 6.78. The second kappa shape index (κ2) is 6.32. The number of carbonyl (C=O) groups is 1. The molecule has 7 heteroatoms. The van der Waals surface area contributed by atoms with Crippen LogP contribution in [0, 0.1) is 5.92 Å². The standard InChI is InChI=1S/C17H22N6O/c1-21-15(10-23-12-19-11-20-23)8-14-9-22(7-4-16(14)21)17(24)13-2-5-18-6-3-13/h2-3,5-6,11-12,14-16H,4,7-10H2,1H3/t14-,15+,16+/m1/s1. The van der Waals surface area contributed by atoms with Crippen LogP contribution in [-0.4, -0.2) is 67.7 Å². The fraction of sp³-hybridized carbons (Fsp3) is 0.529. The van der Waals surface area contributed by atoms with Crippen LogP contribution in [0.1, 0.15) is 23.2 Å². The van der Waals surface area contributed by atoms with E-state index in [9.17, 15) is 4.79 Å². The number of nitrogens with zero attached hydrogens (tertiary/aromatic N) is 6. The van der Waals surface area contributed by atoms with E-state index in [4.69, 9.17) is 0 Å². The number of piperidine rings is 1. The van der Waals surface area contributed by atoms with E-state index in [1.54, 1.807) is 37.2 Å². The highest BCUT2D eigenvalue weighted by molar-refractivity contribution is 5.94. The molecule has 0 bridgehead atoms. The van der Waals surface area contributed by atoms with E-state index in [2.05, 4.69) is 27.0 Å². The van der Waals surface area contributed by atoms with Gasteiger partial charge in [-0.05, 0) is 37.9 Å². The fourth-order valence-electron chi connectivity index (χ4n) is 4.18. The van der Waals surface area contributed by atoms with Gasteiger partial charge < -0.3 is 4.90 Å². The van der Waals surface area contributed by atoms with Crippen LogP contribution in [0.3, 0.4) is 0 Å². The molecule has 4 rings (SSSR count). The number of carbonyl (C=O) groups excluding carboxylic acids is 1. The molecule has 0 saturated carbocycles. The van der Waals surface area contributed by atoms with Crippen molar-refractivity contribution < 1.29 is 4.79 Å². The summed E-state index contributed by atoms with van der Waals surface area (Å²) in [4.78, 5) is 25.2. The first-order valence-electron chi connectivity index (χ1n) is 8.46. The van der Waals surface area contributed by atoms with Gasteiger partial charge in [-0.15, -0.1) is 0 Å². The van der Waals surface area contributed by atoms with Crippen LogP contribution in [0.4, 0.5) is 0 Å². The van der Waals surface area contributed by atoms with Gasteiger partial charge in [-0.3, -0.25) is 19.4 Å². The predicted molar refractivity (Wildman–Crippen MR) is 88.2 cm³/mol. The van der Waals surface area contributed by atoms with E-state index in [1.807, 2.05) is 9.58 Å². The molecule has 3 atom stereocenters. The Kier molecular flexibility index (Phi) is 4.02. The van der Waals surface area contributed by atoms with Crippen LogP contribution in [-0.2, 0) is 6.54 Å². The molecule has 0 spiro atoms. The van der Waals surface area contributed by atoms with Gasteiger partial charge in [-0.1, -0.05) is 0 Å². The highest BCUT2D eigenvalue weighted by Crippen LogP contribution is 2.35. The van der Waals surface area contributed by atoms with Crippen LogP contribution in [0.15, 0.2) is 37.2 Å². The lowest BCUT2D eigenvalue weighted by Crippen LogP contribution is -2.47. The largest absolute Gasteiger partial charge is 0.338 e. The van der Waals surface area contributed by atoms with Gasteiger partial charge in [0.25, 0.3) is 5.91 Å². The quantitative estimate of drug-likeness (QED) is 0.839. The summed E-state index contributed by atoms with van der Waals surface area (Å²) >= 11 is 0. The number of aromatic nitrogens is 4. The van der Waals surface area contributed by atoms with E-state index in [-0.39, 0.29) is 5.91 Å². The zero-order chi connectivity index (χ0) is 16.5. The molecule has 126 valence electrons. The topological polar surface area (TPSA) is 67.2 Å². The summed E-state index contributed by atoms with van der Waals surface area (Å²) in [7, 11) is 2.20. The van der Waals surface area contributed by atoms with Gasteiger partial charge in [0, 0.05) is 43.1 Å². The maximum atomic E-state index is 12.7. The Morgan fingerprint density at radius 2 is 2.12 bits per heavy atom. The first-order valence-corrected chi connectivity index (χ1v) is 8.46. The van der Waals surface area contributed by atoms with Crippen molar-refractivity contribution in [3.05, 3.63) is 42.7 Å². The fourth-order valence-corrected chi connectivity index (χ4v) is 4.18. The number of pyridine rings is 1. The number of likely N-dealkylation sites (N-methyl/N-ethyl adjacent to an activating group) is 1. The Morgan fingerprint density at radius 1 is 1.29 bits per heavy atom. The van der Waals surface area contributed by atoms with Crippen molar-refractivity contribution in [2.45, 2.75) is 31.5 Å². The Balaban J connectivity index is 1.43. The molecule has 2 aromatic heterocycles.